The van der Waals surface area contributed by atoms with Gasteiger partial charge in [-0.25, -0.2) is 25.2 Å². The first-order valence-corrected chi connectivity index (χ1v) is 7.29. The number of hydrogen-bond acceptors (Lipinski definition) is 5. The molecule has 0 atom stereocenters. The number of ether oxygens (including phenoxy) is 2. The Morgan fingerprint density at radius 2 is 1.46 bits per heavy atom. The first-order chi connectivity index (χ1) is 11.2. The number of hydrogen-bond donors (Lipinski definition) is 4. The van der Waals surface area contributed by atoms with Crippen molar-refractivity contribution in [1.82, 2.24) is 10.9 Å². The van der Waals surface area contributed by atoms with E-state index in [0.717, 1.165) is 0 Å². The van der Waals surface area contributed by atoms with E-state index in [1.165, 1.54) is 0 Å². The van der Waals surface area contributed by atoms with Crippen LogP contribution in [0.2, 0.25) is 0 Å². The van der Waals surface area contributed by atoms with Gasteiger partial charge in [-0.05, 0) is 52.0 Å². The molecule has 0 saturated carbocycles. The van der Waals surface area contributed by atoms with Crippen molar-refractivity contribution in [3.8, 4) is 0 Å². The van der Waals surface area contributed by atoms with Crippen LogP contribution in [0.5, 0.6) is 0 Å². The van der Waals surface area contributed by atoms with Gasteiger partial charge in [0.1, 0.15) is 5.60 Å². The number of urea groups is 1. The zero-order valence-electron chi connectivity index (χ0n) is 14.1. The number of rotatable bonds is 3. The van der Waals surface area contributed by atoms with E-state index in [4.69, 9.17) is 9.47 Å². The normalized spacial score (nSPS) is 10.3. The second-order valence-corrected chi connectivity index (χ2v) is 5.63. The molecule has 0 aromatic heterocycles. The van der Waals surface area contributed by atoms with Crippen LogP contribution in [0.3, 0.4) is 0 Å². The summed E-state index contributed by atoms with van der Waals surface area (Å²) in [6.07, 6.45) is -1.33. The largest absolute Gasteiger partial charge is 0.450 e. The van der Waals surface area contributed by atoms with Gasteiger partial charge < -0.3 is 14.8 Å². The highest BCUT2D eigenvalue weighted by atomic mass is 16.6. The van der Waals surface area contributed by atoms with Crippen molar-refractivity contribution in [2.75, 3.05) is 17.2 Å². The van der Waals surface area contributed by atoms with Crippen LogP contribution >= 0.6 is 0 Å². The van der Waals surface area contributed by atoms with E-state index in [1.807, 2.05) is 0 Å². The standard InChI is InChI=1S/C15H22N4O5/c1-5-23-13(21)17-11-8-6-10(7-9-11)16-12(20)18-19-14(22)24-15(2,3)4/h6-9H,5H2,1-4H3,(H,17,21)(H,19,22)(H2,16,18,20). The fourth-order valence-corrected chi connectivity index (χ4v) is 1.50. The van der Waals surface area contributed by atoms with Crippen molar-refractivity contribution in [3.05, 3.63) is 24.3 Å². The molecule has 9 heteroatoms. The Balaban J connectivity index is 2.42. The third-order valence-corrected chi connectivity index (χ3v) is 2.34. The maximum atomic E-state index is 11.6. The van der Waals surface area contributed by atoms with Gasteiger partial charge >= 0.3 is 18.2 Å². The molecule has 0 bridgehead atoms. The number of benzene rings is 1. The van der Waals surface area contributed by atoms with Crippen molar-refractivity contribution in [3.63, 3.8) is 0 Å². The average molecular weight is 338 g/mol. The summed E-state index contributed by atoms with van der Waals surface area (Å²) in [6, 6.07) is 5.69. The predicted molar refractivity (Wildman–Crippen MR) is 88.6 cm³/mol. The summed E-state index contributed by atoms with van der Waals surface area (Å²) >= 11 is 0. The maximum absolute atomic E-state index is 11.6. The lowest BCUT2D eigenvalue weighted by atomic mass is 10.2. The van der Waals surface area contributed by atoms with E-state index in [9.17, 15) is 14.4 Å². The van der Waals surface area contributed by atoms with Gasteiger partial charge in [0.2, 0.25) is 0 Å². The summed E-state index contributed by atoms with van der Waals surface area (Å²) in [4.78, 5) is 34.3. The molecule has 4 N–H and O–H groups in total. The predicted octanol–water partition coefficient (Wildman–Crippen LogP) is 2.82. The van der Waals surface area contributed by atoms with Crippen molar-refractivity contribution in [2.24, 2.45) is 0 Å². The molecule has 0 aliphatic carbocycles. The Kier molecular flexibility index (Phi) is 6.84. The second kappa shape index (κ2) is 8.61. The first kappa shape index (κ1) is 19.1. The minimum absolute atomic E-state index is 0.274. The summed E-state index contributed by atoms with van der Waals surface area (Å²) in [7, 11) is 0. The number of anilines is 2. The average Bonchev–Trinajstić information content (AvgIpc) is 2.46. The van der Waals surface area contributed by atoms with Gasteiger partial charge in [-0.2, -0.15) is 0 Å². The van der Waals surface area contributed by atoms with Crippen LogP contribution in [0.4, 0.5) is 25.8 Å². The molecule has 0 radical (unpaired) electrons. The Morgan fingerprint density at radius 1 is 0.917 bits per heavy atom. The molecular formula is C15H22N4O5. The zero-order chi connectivity index (χ0) is 18.2. The summed E-state index contributed by atoms with van der Waals surface area (Å²) in [5.41, 5.74) is 4.59. The highest BCUT2D eigenvalue weighted by Crippen LogP contribution is 2.13. The monoisotopic (exact) mass is 338 g/mol. The number of hydrazine groups is 1. The van der Waals surface area contributed by atoms with Gasteiger partial charge in [0.25, 0.3) is 0 Å². The first-order valence-electron chi connectivity index (χ1n) is 7.29. The van der Waals surface area contributed by atoms with Gasteiger partial charge in [-0.1, -0.05) is 0 Å². The lowest BCUT2D eigenvalue weighted by Gasteiger charge is -2.19. The van der Waals surface area contributed by atoms with E-state index in [1.54, 1.807) is 52.0 Å². The Morgan fingerprint density at radius 3 is 1.96 bits per heavy atom. The van der Waals surface area contributed by atoms with Gasteiger partial charge in [0.15, 0.2) is 0 Å². The molecule has 0 saturated heterocycles. The lowest BCUT2D eigenvalue weighted by Crippen LogP contribution is -2.46. The third-order valence-electron chi connectivity index (χ3n) is 2.34. The highest BCUT2D eigenvalue weighted by Gasteiger charge is 2.16. The van der Waals surface area contributed by atoms with Crippen LogP contribution in [-0.2, 0) is 9.47 Å². The Labute approximate surface area is 140 Å². The van der Waals surface area contributed by atoms with Crippen molar-refractivity contribution in [2.45, 2.75) is 33.3 Å². The van der Waals surface area contributed by atoms with E-state index in [0.29, 0.717) is 11.4 Å². The van der Waals surface area contributed by atoms with E-state index >= 15 is 0 Å². The molecule has 0 spiro atoms. The van der Waals surface area contributed by atoms with Gasteiger partial charge in [-0.15, -0.1) is 0 Å². The molecule has 9 nitrogen and oxygen atoms in total. The van der Waals surface area contributed by atoms with E-state index in [-0.39, 0.29) is 6.61 Å². The van der Waals surface area contributed by atoms with Crippen LogP contribution in [0.1, 0.15) is 27.7 Å². The minimum atomic E-state index is -0.772. The van der Waals surface area contributed by atoms with Gasteiger partial charge in [-0.3, -0.25) is 5.32 Å². The molecule has 0 aliphatic heterocycles. The van der Waals surface area contributed by atoms with Crippen LogP contribution in [-0.4, -0.2) is 30.4 Å². The van der Waals surface area contributed by atoms with Gasteiger partial charge in [0.05, 0.1) is 6.61 Å². The van der Waals surface area contributed by atoms with Gasteiger partial charge in [0, 0.05) is 11.4 Å². The maximum Gasteiger partial charge on any atom is 0.426 e. The van der Waals surface area contributed by atoms with Crippen LogP contribution < -0.4 is 21.5 Å². The minimum Gasteiger partial charge on any atom is -0.450 e. The molecule has 4 amide bonds. The number of nitrogens with one attached hydrogen (secondary N) is 4. The third kappa shape index (κ3) is 7.87. The van der Waals surface area contributed by atoms with Crippen molar-refractivity contribution in [1.29, 1.82) is 0 Å². The number of carbonyl (C=O) groups excluding carboxylic acids is 3. The molecule has 0 fully saturated rings. The quantitative estimate of drug-likeness (QED) is 0.632. The summed E-state index contributed by atoms with van der Waals surface area (Å²) in [5, 5.41) is 5.02. The molecule has 1 rings (SSSR count). The molecule has 0 aliphatic rings. The van der Waals surface area contributed by atoms with Crippen LogP contribution in [0, 0.1) is 0 Å². The molecule has 24 heavy (non-hydrogen) atoms. The van der Waals surface area contributed by atoms with Crippen molar-refractivity contribution >= 4 is 29.6 Å². The summed E-state index contributed by atoms with van der Waals surface area (Å²) in [5.74, 6) is 0. The Hall–Kier alpha value is -2.97. The topological polar surface area (TPSA) is 118 Å². The molecule has 132 valence electrons. The Bertz CT molecular complexity index is 581. The molecule has 0 heterocycles. The SMILES string of the molecule is CCOC(=O)Nc1ccc(NC(=O)NNC(=O)OC(C)(C)C)cc1. The van der Waals surface area contributed by atoms with Crippen molar-refractivity contribution < 1.29 is 23.9 Å². The van der Waals surface area contributed by atoms with Crippen LogP contribution in [0.15, 0.2) is 24.3 Å². The smallest absolute Gasteiger partial charge is 0.426 e. The summed E-state index contributed by atoms with van der Waals surface area (Å²) < 4.78 is 9.71. The van der Waals surface area contributed by atoms with Crippen LogP contribution in [0.25, 0.3) is 0 Å². The number of carbonyl (C=O) groups is 3. The highest BCUT2D eigenvalue weighted by molar-refractivity contribution is 5.91. The zero-order valence-corrected chi connectivity index (χ0v) is 14.1. The fraction of sp³-hybridized carbons (Fsp3) is 0.400. The summed E-state index contributed by atoms with van der Waals surface area (Å²) in [6.45, 7) is 7.10. The molecule has 1 aromatic carbocycles. The molecule has 0 unspecified atom stereocenters. The lowest BCUT2D eigenvalue weighted by molar-refractivity contribution is 0.0506. The second-order valence-electron chi connectivity index (χ2n) is 5.63. The molecular weight excluding hydrogens is 316 g/mol. The van der Waals surface area contributed by atoms with E-state index < -0.39 is 23.8 Å². The number of amides is 4. The van der Waals surface area contributed by atoms with E-state index in [2.05, 4.69) is 21.5 Å². The fourth-order valence-electron chi connectivity index (χ4n) is 1.50. The molecule has 1 aromatic rings.